The number of aliphatic hydroxyl groups excluding tert-OH is 1. The van der Waals surface area contributed by atoms with Crippen LogP contribution < -0.4 is 11.1 Å². The molecular formula is C10H17N3O2. The third kappa shape index (κ3) is 3.38. The number of aromatic nitrogens is 1. The van der Waals surface area contributed by atoms with Crippen molar-refractivity contribution in [3.63, 3.8) is 0 Å². The first kappa shape index (κ1) is 11.7. The molecule has 0 saturated carbocycles. The number of carbonyl (C=O) groups is 1. The van der Waals surface area contributed by atoms with Gasteiger partial charge in [0.05, 0.1) is 0 Å². The highest BCUT2D eigenvalue weighted by molar-refractivity contribution is 5.78. The Morgan fingerprint density at radius 2 is 2.47 bits per heavy atom. The molecule has 0 aliphatic rings. The zero-order chi connectivity index (χ0) is 11.3. The maximum Gasteiger partial charge on any atom is 0.247 e. The lowest BCUT2D eigenvalue weighted by molar-refractivity contribution is -0.125. The summed E-state index contributed by atoms with van der Waals surface area (Å²) >= 11 is 0. The minimum Gasteiger partial charge on any atom is -0.382 e. The summed E-state index contributed by atoms with van der Waals surface area (Å²) in [5.74, 6) is -0.701. The van der Waals surface area contributed by atoms with E-state index in [4.69, 9.17) is 10.8 Å². The van der Waals surface area contributed by atoms with Crippen molar-refractivity contribution in [2.75, 3.05) is 6.54 Å². The number of rotatable bonds is 6. The summed E-state index contributed by atoms with van der Waals surface area (Å²) < 4.78 is 2.09. The standard InChI is InChI=1S/C10H17N3O2/c1-2-13-5-3-4-8(13)6-12-7-9(14)10(11)15/h3-5,9,12,14H,2,6-7H2,1H3,(H2,11,15). The first-order valence-electron chi connectivity index (χ1n) is 4.97. The van der Waals surface area contributed by atoms with Crippen molar-refractivity contribution in [2.45, 2.75) is 26.1 Å². The minimum absolute atomic E-state index is 0.185. The van der Waals surface area contributed by atoms with E-state index in [0.29, 0.717) is 6.54 Å². The summed E-state index contributed by atoms with van der Waals surface area (Å²) in [6.45, 7) is 3.76. The van der Waals surface area contributed by atoms with Crippen molar-refractivity contribution in [1.29, 1.82) is 0 Å². The summed E-state index contributed by atoms with van der Waals surface area (Å²) in [6.07, 6.45) is 0.872. The molecular weight excluding hydrogens is 194 g/mol. The van der Waals surface area contributed by atoms with E-state index in [0.717, 1.165) is 12.2 Å². The van der Waals surface area contributed by atoms with Crippen LogP contribution in [0.4, 0.5) is 0 Å². The van der Waals surface area contributed by atoms with Crippen LogP contribution in [0.5, 0.6) is 0 Å². The molecule has 1 amide bonds. The Balaban J connectivity index is 2.34. The molecule has 1 atom stereocenters. The number of nitrogens with zero attached hydrogens (tertiary/aromatic N) is 1. The molecule has 0 saturated heterocycles. The maximum atomic E-state index is 10.5. The average Bonchev–Trinajstić information content (AvgIpc) is 2.65. The maximum absolute atomic E-state index is 10.5. The molecule has 84 valence electrons. The lowest BCUT2D eigenvalue weighted by Gasteiger charge is -2.10. The number of hydrogen-bond acceptors (Lipinski definition) is 3. The summed E-state index contributed by atoms with van der Waals surface area (Å²) in [4.78, 5) is 10.5. The molecule has 4 N–H and O–H groups in total. The van der Waals surface area contributed by atoms with E-state index in [2.05, 4.69) is 16.8 Å². The topological polar surface area (TPSA) is 80.3 Å². The molecule has 0 aliphatic carbocycles. The number of amides is 1. The van der Waals surface area contributed by atoms with Crippen molar-refractivity contribution in [1.82, 2.24) is 9.88 Å². The number of carbonyl (C=O) groups excluding carboxylic acids is 1. The van der Waals surface area contributed by atoms with Gasteiger partial charge in [0.1, 0.15) is 6.10 Å². The Bertz CT molecular complexity index is 322. The van der Waals surface area contributed by atoms with Gasteiger partial charge in [-0.1, -0.05) is 0 Å². The van der Waals surface area contributed by atoms with Gasteiger partial charge in [0.2, 0.25) is 5.91 Å². The van der Waals surface area contributed by atoms with Gasteiger partial charge in [-0.25, -0.2) is 0 Å². The third-order valence-corrected chi connectivity index (χ3v) is 2.24. The number of aryl methyl sites for hydroxylation is 1. The Hall–Kier alpha value is -1.33. The smallest absolute Gasteiger partial charge is 0.247 e. The zero-order valence-corrected chi connectivity index (χ0v) is 8.81. The van der Waals surface area contributed by atoms with Crippen LogP contribution in [0.1, 0.15) is 12.6 Å². The van der Waals surface area contributed by atoms with E-state index in [9.17, 15) is 4.79 Å². The molecule has 5 heteroatoms. The fraction of sp³-hybridized carbons (Fsp3) is 0.500. The average molecular weight is 211 g/mol. The molecule has 0 fully saturated rings. The summed E-state index contributed by atoms with van der Waals surface area (Å²) in [7, 11) is 0. The van der Waals surface area contributed by atoms with Gasteiger partial charge in [-0.2, -0.15) is 0 Å². The fourth-order valence-corrected chi connectivity index (χ4v) is 1.36. The first-order chi connectivity index (χ1) is 7.15. The van der Waals surface area contributed by atoms with E-state index in [1.807, 2.05) is 18.3 Å². The SMILES string of the molecule is CCn1cccc1CNCC(O)C(N)=O. The molecule has 0 bridgehead atoms. The fourth-order valence-electron chi connectivity index (χ4n) is 1.36. The molecule has 15 heavy (non-hydrogen) atoms. The summed E-state index contributed by atoms with van der Waals surface area (Å²) in [5.41, 5.74) is 6.04. The molecule has 1 rings (SSSR count). The van der Waals surface area contributed by atoms with Crippen LogP contribution in [0.25, 0.3) is 0 Å². The van der Waals surface area contributed by atoms with Crippen LogP contribution >= 0.6 is 0 Å². The van der Waals surface area contributed by atoms with Crippen LogP contribution in [0.2, 0.25) is 0 Å². The molecule has 0 spiro atoms. The minimum atomic E-state index is -1.12. The molecule has 1 aromatic heterocycles. The monoisotopic (exact) mass is 211 g/mol. The number of aliphatic hydroxyl groups is 1. The van der Waals surface area contributed by atoms with Gasteiger partial charge in [0, 0.05) is 31.5 Å². The highest BCUT2D eigenvalue weighted by Gasteiger charge is 2.09. The van der Waals surface area contributed by atoms with Gasteiger partial charge in [0.25, 0.3) is 0 Å². The van der Waals surface area contributed by atoms with Gasteiger partial charge in [-0.3, -0.25) is 4.79 Å². The lowest BCUT2D eigenvalue weighted by Crippen LogP contribution is -2.37. The molecule has 1 aromatic rings. The van der Waals surface area contributed by atoms with Crippen molar-refractivity contribution in [3.8, 4) is 0 Å². The quantitative estimate of drug-likeness (QED) is 0.590. The Kier molecular flexibility index (Phi) is 4.33. The van der Waals surface area contributed by atoms with Crippen LogP contribution in [0, 0.1) is 0 Å². The second-order valence-electron chi connectivity index (χ2n) is 3.33. The third-order valence-electron chi connectivity index (χ3n) is 2.24. The lowest BCUT2D eigenvalue weighted by atomic mass is 10.3. The highest BCUT2D eigenvalue weighted by Crippen LogP contribution is 2.01. The van der Waals surface area contributed by atoms with Crippen molar-refractivity contribution < 1.29 is 9.90 Å². The molecule has 0 aromatic carbocycles. The van der Waals surface area contributed by atoms with Gasteiger partial charge >= 0.3 is 0 Å². The van der Waals surface area contributed by atoms with Crippen molar-refractivity contribution >= 4 is 5.91 Å². The van der Waals surface area contributed by atoms with Crippen molar-refractivity contribution in [2.24, 2.45) is 5.73 Å². The van der Waals surface area contributed by atoms with E-state index >= 15 is 0 Å². The van der Waals surface area contributed by atoms with Crippen LogP contribution in [0.3, 0.4) is 0 Å². The molecule has 1 unspecified atom stereocenters. The molecule has 5 nitrogen and oxygen atoms in total. The summed E-state index contributed by atoms with van der Waals surface area (Å²) in [6, 6.07) is 3.96. The number of primary amides is 1. The zero-order valence-electron chi connectivity index (χ0n) is 8.81. The Labute approximate surface area is 88.9 Å². The van der Waals surface area contributed by atoms with Crippen LogP contribution in [-0.2, 0) is 17.9 Å². The van der Waals surface area contributed by atoms with Gasteiger partial charge in [0.15, 0.2) is 0 Å². The molecule has 0 aliphatic heterocycles. The van der Waals surface area contributed by atoms with Gasteiger partial charge < -0.3 is 20.7 Å². The van der Waals surface area contributed by atoms with Crippen molar-refractivity contribution in [3.05, 3.63) is 24.0 Å². The van der Waals surface area contributed by atoms with E-state index in [1.165, 1.54) is 0 Å². The largest absolute Gasteiger partial charge is 0.382 e. The summed E-state index contributed by atoms with van der Waals surface area (Å²) in [5, 5.41) is 12.1. The van der Waals surface area contributed by atoms with Gasteiger partial charge in [-0.15, -0.1) is 0 Å². The van der Waals surface area contributed by atoms with E-state index in [1.54, 1.807) is 0 Å². The Morgan fingerprint density at radius 1 is 1.73 bits per heavy atom. The van der Waals surface area contributed by atoms with Crippen LogP contribution in [-0.4, -0.2) is 28.2 Å². The highest BCUT2D eigenvalue weighted by atomic mass is 16.3. The first-order valence-corrected chi connectivity index (χ1v) is 4.97. The predicted octanol–water partition coefficient (Wildman–Crippen LogP) is -0.556. The second kappa shape index (κ2) is 5.53. The number of hydrogen-bond donors (Lipinski definition) is 3. The Morgan fingerprint density at radius 3 is 3.07 bits per heavy atom. The molecule has 1 heterocycles. The number of nitrogens with two attached hydrogens (primary N) is 1. The molecule has 0 radical (unpaired) electrons. The van der Waals surface area contributed by atoms with E-state index < -0.39 is 12.0 Å². The van der Waals surface area contributed by atoms with Gasteiger partial charge in [-0.05, 0) is 19.1 Å². The normalized spacial score (nSPS) is 12.7. The van der Waals surface area contributed by atoms with Crippen LogP contribution in [0.15, 0.2) is 18.3 Å². The van der Waals surface area contributed by atoms with E-state index in [-0.39, 0.29) is 6.54 Å². The number of nitrogens with one attached hydrogen (secondary N) is 1. The predicted molar refractivity (Wildman–Crippen MR) is 57.0 cm³/mol. The second-order valence-corrected chi connectivity index (χ2v) is 3.33.